The van der Waals surface area contributed by atoms with Crippen molar-refractivity contribution in [2.75, 3.05) is 6.61 Å². The number of amidine groups is 1. The van der Waals surface area contributed by atoms with Crippen LogP contribution in [0.1, 0.15) is 19.4 Å². The zero-order chi connectivity index (χ0) is 12.3. The van der Waals surface area contributed by atoms with E-state index in [0.717, 1.165) is 17.9 Å². The van der Waals surface area contributed by atoms with Gasteiger partial charge in [-0.05, 0) is 30.2 Å². The Hall–Kier alpha value is -1.75. The first-order valence-corrected chi connectivity index (χ1v) is 5.58. The Morgan fingerprint density at radius 2 is 2.00 bits per heavy atom. The number of nitrogens with zero attached hydrogens (tertiary/aromatic N) is 3. The van der Waals surface area contributed by atoms with Crippen LogP contribution in [-0.4, -0.2) is 12.4 Å². The van der Waals surface area contributed by atoms with E-state index in [2.05, 4.69) is 36.3 Å². The molecule has 0 bridgehead atoms. The number of ether oxygens (including phenoxy) is 1. The molecule has 1 aromatic rings. The zero-order valence-corrected chi connectivity index (χ0v) is 10.1. The van der Waals surface area contributed by atoms with Gasteiger partial charge >= 0.3 is 0 Å². The Morgan fingerprint density at radius 1 is 1.29 bits per heavy atom. The average molecular weight is 232 g/mol. The lowest BCUT2D eigenvalue weighted by Crippen LogP contribution is -2.95. The summed E-state index contributed by atoms with van der Waals surface area (Å²) in [6.45, 7) is 4.96. The summed E-state index contributed by atoms with van der Waals surface area (Å²) in [5.41, 5.74) is 0.921. The third kappa shape index (κ3) is 3.10. The zero-order valence-electron chi connectivity index (χ0n) is 10.1. The second-order valence-corrected chi connectivity index (χ2v) is 4.28. The summed E-state index contributed by atoms with van der Waals surface area (Å²) in [5.74, 6) is 1.98. The lowest BCUT2D eigenvalue weighted by molar-refractivity contribution is -0.868. The fourth-order valence-corrected chi connectivity index (χ4v) is 1.36. The van der Waals surface area contributed by atoms with Gasteiger partial charge in [-0.2, -0.15) is 5.12 Å². The van der Waals surface area contributed by atoms with Gasteiger partial charge < -0.3 is 4.74 Å². The monoisotopic (exact) mass is 232 g/mol. The van der Waals surface area contributed by atoms with Gasteiger partial charge in [0.25, 0.3) is 0 Å². The molecule has 1 aliphatic heterocycles. The van der Waals surface area contributed by atoms with Crippen molar-refractivity contribution >= 4 is 5.84 Å². The quantitative estimate of drug-likeness (QED) is 0.785. The van der Waals surface area contributed by atoms with Gasteiger partial charge in [0.05, 0.1) is 6.61 Å². The molecule has 0 radical (unpaired) electrons. The van der Waals surface area contributed by atoms with E-state index in [1.165, 1.54) is 0 Å². The largest absolute Gasteiger partial charge is 0.493 e. The van der Waals surface area contributed by atoms with E-state index in [1.54, 1.807) is 0 Å². The van der Waals surface area contributed by atoms with Crippen LogP contribution in [0.2, 0.25) is 0 Å². The Kier molecular flexibility index (Phi) is 3.49. The van der Waals surface area contributed by atoms with Gasteiger partial charge in [-0.15, -0.1) is 0 Å². The van der Waals surface area contributed by atoms with E-state index in [1.807, 2.05) is 24.3 Å². The van der Waals surface area contributed by atoms with Gasteiger partial charge in [0.1, 0.15) is 5.75 Å². The third-order valence-electron chi connectivity index (χ3n) is 2.19. The summed E-state index contributed by atoms with van der Waals surface area (Å²) >= 11 is 0. The van der Waals surface area contributed by atoms with Gasteiger partial charge in [-0.1, -0.05) is 31.1 Å². The summed E-state index contributed by atoms with van der Waals surface area (Å²) in [5, 5.41) is 12.3. The fourth-order valence-electron chi connectivity index (χ4n) is 1.36. The van der Waals surface area contributed by atoms with Gasteiger partial charge in [0.2, 0.25) is 5.84 Å². The number of hydrogen-bond acceptors (Lipinski definition) is 4. The molecular formula is C12H16N4O. The molecule has 0 aliphatic carbocycles. The van der Waals surface area contributed by atoms with E-state index >= 15 is 0 Å². The highest BCUT2D eigenvalue weighted by Gasteiger charge is 2.11. The molecule has 1 atom stereocenters. The van der Waals surface area contributed by atoms with Crippen LogP contribution in [0.25, 0.3) is 0 Å². The normalized spacial score (nSPS) is 18.6. The Labute approximate surface area is 101 Å². The first-order valence-electron chi connectivity index (χ1n) is 5.58. The molecule has 0 fully saturated rings. The van der Waals surface area contributed by atoms with E-state index in [0.29, 0.717) is 16.9 Å². The Morgan fingerprint density at radius 3 is 2.53 bits per heavy atom. The molecule has 1 aromatic carbocycles. The maximum Gasteiger partial charge on any atom is 0.241 e. The standard InChI is InChI=1S/C12H16N4O/c1-9(2)8-17-11-6-4-10(5-7-11)12-13-15-16(3)14-12/h4-7,9,16H,3,8H2,1-2H3. The summed E-state index contributed by atoms with van der Waals surface area (Å²) < 4.78 is 5.59. The lowest BCUT2D eigenvalue weighted by Gasteiger charge is -2.08. The number of nitrogens with one attached hydrogen (secondary N) is 1. The molecule has 0 amide bonds. The molecule has 0 spiro atoms. The van der Waals surface area contributed by atoms with Crippen molar-refractivity contribution in [2.45, 2.75) is 13.8 Å². The molecule has 0 saturated heterocycles. The predicted octanol–water partition coefficient (Wildman–Crippen LogP) is 1.44. The van der Waals surface area contributed by atoms with Crippen LogP contribution in [0.3, 0.4) is 0 Å². The number of rotatable bonds is 4. The highest BCUT2D eigenvalue weighted by Crippen LogP contribution is 2.14. The second-order valence-electron chi connectivity index (χ2n) is 4.28. The molecule has 0 aromatic heterocycles. The van der Waals surface area contributed by atoms with Crippen LogP contribution >= 0.6 is 0 Å². The predicted molar refractivity (Wildman–Crippen MR) is 64.5 cm³/mol. The summed E-state index contributed by atoms with van der Waals surface area (Å²) in [6, 6.07) is 7.67. The van der Waals surface area contributed by atoms with E-state index < -0.39 is 0 Å². The molecule has 1 heterocycles. The summed E-state index contributed by atoms with van der Waals surface area (Å²) in [4.78, 5) is 0. The van der Waals surface area contributed by atoms with Crippen molar-refractivity contribution in [1.29, 1.82) is 0 Å². The molecule has 0 saturated carbocycles. The molecule has 2 rings (SSSR count). The van der Waals surface area contributed by atoms with Crippen LogP contribution in [-0.2, 0) is 0 Å². The minimum Gasteiger partial charge on any atom is -0.493 e. The summed E-state index contributed by atoms with van der Waals surface area (Å²) in [7, 11) is 3.62. The maximum atomic E-state index is 5.59. The van der Waals surface area contributed by atoms with E-state index in [4.69, 9.17) is 4.74 Å². The molecule has 1 aliphatic rings. The van der Waals surface area contributed by atoms with Crippen LogP contribution < -0.4 is 9.85 Å². The molecule has 5 heteroatoms. The van der Waals surface area contributed by atoms with Gasteiger partial charge in [-0.3, -0.25) is 0 Å². The molecule has 5 nitrogen and oxygen atoms in total. The van der Waals surface area contributed by atoms with Crippen molar-refractivity contribution in [3.63, 3.8) is 0 Å². The smallest absolute Gasteiger partial charge is 0.241 e. The van der Waals surface area contributed by atoms with Gasteiger partial charge in [0.15, 0.2) is 0 Å². The van der Waals surface area contributed by atoms with Crippen LogP contribution in [0.5, 0.6) is 5.75 Å². The van der Waals surface area contributed by atoms with Crippen LogP contribution in [0, 0.1) is 13.0 Å². The SMILES string of the molecule is [CH2-][NH+]1N=NC(c2ccc(OCC(C)C)cc2)=N1. The molecule has 1 N–H and O–H groups in total. The minimum atomic E-state index is 0.445. The van der Waals surface area contributed by atoms with Gasteiger partial charge in [-0.25, -0.2) is 0 Å². The summed E-state index contributed by atoms with van der Waals surface area (Å²) in [6.07, 6.45) is 0. The maximum absolute atomic E-state index is 5.59. The van der Waals surface area contributed by atoms with E-state index in [9.17, 15) is 0 Å². The van der Waals surface area contributed by atoms with Crippen LogP contribution in [0.15, 0.2) is 39.7 Å². The highest BCUT2D eigenvalue weighted by atomic mass is 16.5. The first kappa shape index (κ1) is 11.7. The Balaban J connectivity index is 2.03. The first-order chi connectivity index (χ1) is 8.15. The lowest BCUT2D eigenvalue weighted by atomic mass is 10.2. The Bertz CT molecular complexity index is 436. The molecule has 1 unspecified atom stereocenters. The molecule has 90 valence electrons. The number of hydrogen-bond donors (Lipinski definition) is 1. The average Bonchev–Trinajstić information content (AvgIpc) is 2.74. The topological polar surface area (TPSA) is 50.8 Å². The van der Waals surface area contributed by atoms with Crippen molar-refractivity contribution in [2.24, 2.45) is 21.4 Å². The van der Waals surface area contributed by atoms with Crippen LogP contribution in [0.4, 0.5) is 0 Å². The van der Waals surface area contributed by atoms with Gasteiger partial charge in [0, 0.05) is 10.8 Å². The van der Waals surface area contributed by atoms with Crippen molar-refractivity contribution in [3.05, 3.63) is 36.9 Å². The number of quaternary nitrogens is 1. The number of benzene rings is 1. The van der Waals surface area contributed by atoms with Crippen molar-refractivity contribution in [3.8, 4) is 5.75 Å². The minimum absolute atomic E-state index is 0.445. The highest BCUT2D eigenvalue weighted by molar-refractivity contribution is 5.99. The fraction of sp³-hybridized carbons (Fsp3) is 0.333. The second kappa shape index (κ2) is 5.05. The third-order valence-corrected chi connectivity index (χ3v) is 2.19. The van der Waals surface area contributed by atoms with Crippen molar-refractivity contribution in [1.82, 2.24) is 0 Å². The van der Waals surface area contributed by atoms with E-state index in [-0.39, 0.29) is 0 Å². The van der Waals surface area contributed by atoms with Crippen molar-refractivity contribution < 1.29 is 9.85 Å². The molecule has 17 heavy (non-hydrogen) atoms. The molecular weight excluding hydrogens is 216 g/mol.